The number of hydrogen-bond donors (Lipinski definition) is 3. The molecule has 0 aliphatic carbocycles. The third kappa shape index (κ3) is 3.74. The SMILES string of the molecule is NC(=O)NC(N)=NC(=S)c1ccccc1. The van der Waals surface area contributed by atoms with E-state index in [9.17, 15) is 4.79 Å². The van der Waals surface area contributed by atoms with E-state index in [1.54, 1.807) is 12.1 Å². The van der Waals surface area contributed by atoms with Crippen molar-refractivity contribution in [3.8, 4) is 0 Å². The van der Waals surface area contributed by atoms with E-state index in [-0.39, 0.29) is 5.96 Å². The second-order valence-corrected chi connectivity index (χ2v) is 3.04. The van der Waals surface area contributed by atoms with Gasteiger partial charge in [-0.1, -0.05) is 42.5 Å². The first-order valence-electron chi connectivity index (χ1n) is 4.09. The Labute approximate surface area is 92.2 Å². The lowest BCUT2D eigenvalue weighted by molar-refractivity contribution is 0.253. The molecule has 1 aromatic rings. The molecule has 2 amide bonds. The molecule has 0 bridgehead atoms. The van der Waals surface area contributed by atoms with Crippen molar-refractivity contribution in [1.82, 2.24) is 5.32 Å². The van der Waals surface area contributed by atoms with E-state index < -0.39 is 6.03 Å². The maximum absolute atomic E-state index is 10.4. The van der Waals surface area contributed by atoms with Crippen LogP contribution in [0.15, 0.2) is 35.3 Å². The standard InChI is InChI=1S/C9H10N4OS/c10-8(13-9(11)14)12-7(15)6-4-2-1-3-5-6/h1-5H,(H5,10,11,12,13,14,15). The first-order chi connectivity index (χ1) is 7.09. The summed E-state index contributed by atoms with van der Waals surface area (Å²) >= 11 is 4.99. The van der Waals surface area contributed by atoms with Crippen molar-refractivity contribution in [1.29, 1.82) is 0 Å². The molecule has 5 nitrogen and oxygen atoms in total. The summed E-state index contributed by atoms with van der Waals surface area (Å²) < 4.78 is 0. The van der Waals surface area contributed by atoms with Gasteiger partial charge in [0.2, 0.25) is 5.96 Å². The molecule has 1 rings (SSSR count). The third-order valence-electron chi connectivity index (χ3n) is 1.49. The monoisotopic (exact) mass is 222 g/mol. The molecular formula is C9H10N4OS. The van der Waals surface area contributed by atoms with Crippen LogP contribution in [0.5, 0.6) is 0 Å². The van der Waals surface area contributed by atoms with Crippen LogP contribution in [0.25, 0.3) is 0 Å². The fourth-order valence-electron chi connectivity index (χ4n) is 0.909. The Hall–Kier alpha value is -1.95. The molecule has 0 saturated heterocycles. The third-order valence-corrected chi connectivity index (χ3v) is 1.82. The first kappa shape index (κ1) is 11.1. The van der Waals surface area contributed by atoms with E-state index in [1.807, 2.05) is 18.2 Å². The van der Waals surface area contributed by atoms with Gasteiger partial charge in [-0.05, 0) is 0 Å². The molecule has 0 heterocycles. The van der Waals surface area contributed by atoms with Gasteiger partial charge in [0.15, 0.2) is 0 Å². The number of carbonyl (C=O) groups is 1. The van der Waals surface area contributed by atoms with E-state index in [2.05, 4.69) is 10.3 Å². The van der Waals surface area contributed by atoms with E-state index in [4.69, 9.17) is 23.7 Å². The highest BCUT2D eigenvalue weighted by molar-refractivity contribution is 7.80. The molecule has 0 atom stereocenters. The highest BCUT2D eigenvalue weighted by Crippen LogP contribution is 2.01. The highest BCUT2D eigenvalue weighted by Gasteiger charge is 2.00. The summed E-state index contributed by atoms with van der Waals surface area (Å²) in [4.78, 5) is 14.5. The molecule has 0 fully saturated rings. The van der Waals surface area contributed by atoms with E-state index >= 15 is 0 Å². The van der Waals surface area contributed by atoms with Gasteiger partial charge in [-0.3, -0.25) is 5.32 Å². The van der Waals surface area contributed by atoms with Crippen LogP contribution >= 0.6 is 12.2 Å². The van der Waals surface area contributed by atoms with Crippen LogP contribution in [0.2, 0.25) is 0 Å². The number of primary amides is 1. The van der Waals surface area contributed by atoms with Gasteiger partial charge in [-0.2, -0.15) is 0 Å². The molecule has 0 radical (unpaired) electrons. The summed E-state index contributed by atoms with van der Waals surface area (Å²) in [5.74, 6) is -0.114. The molecular weight excluding hydrogens is 212 g/mol. The van der Waals surface area contributed by atoms with Gasteiger partial charge in [-0.15, -0.1) is 0 Å². The molecule has 0 aliphatic heterocycles. The van der Waals surface area contributed by atoms with Crippen LogP contribution in [0.1, 0.15) is 5.56 Å². The average molecular weight is 222 g/mol. The lowest BCUT2D eigenvalue weighted by Gasteiger charge is -2.01. The van der Waals surface area contributed by atoms with E-state index in [0.29, 0.717) is 4.99 Å². The Balaban J connectivity index is 2.75. The number of guanidine groups is 1. The van der Waals surface area contributed by atoms with Crippen molar-refractivity contribution >= 4 is 29.2 Å². The lowest BCUT2D eigenvalue weighted by Crippen LogP contribution is -2.40. The van der Waals surface area contributed by atoms with Crippen molar-refractivity contribution in [3.63, 3.8) is 0 Å². The Morgan fingerprint density at radius 2 is 1.87 bits per heavy atom. The molecule has 0 spiro atoms. The summed E-state index contributed by atoms with van der Waals surface area (Å²) in [6.07, 6.45) is 0. The zero-order chi connectivity index (χ0) is 11.3. The normalized spacial score (nSPS) is 10.8. The molecule has 78 valence electrons. The number of urea groups is 1. The zero-order valence-corrected chi connectivity index (χ0v) is 8.62. The number of thiocarbonyl (C=S) groups is 1. The zero-order valence-electron chi connectivity index (χ0n) is 7.81. The topological polar surface area (TPSA) is 93.5 Å². The van der Waals surface area contributed by atoms with Crippen LogP contribution < -0.4 is 16.8 Å². The smallest absolute Gasteiger partial charge is 0.318 e. The molecule has 0 unspecified atom stereocenters. The number of rotatable bonds is 1. The molecule has 1 aromatic carbocycles. The predicted octanol–water partition coefficient (Wildman–Crippen LogP) is 0.345. The number of nitrogens with two attached hydrogens (primary N) is 2. The Kier molecular flexibility index (Phi) is 3.75. The fourth-order valence-corrected chi connectivity index (χ4v) is 1.14. The van der Waals surface area contributed by atoms with Gasteiger partial charge in [0.1, 0.15) is 4.99 Å². The van der Waals surface area contributed by atoms with Crippen LogP contribution in [-0.2, 0) is 0 Å². The minimum Gasteiger partial charge on any atom is -0.369 e. The minimum atomic E-state index is -0.771. The predicted molar refractivity (Wildman–Crippen MR) is 62.5 cm³/mol. The fraction of sp³-hybridized carbons (Fsp3) is 0. The van der Waals surface area contributed by atoms with Crippen molar-refractivity contribution in [3.05, 3.63) is 35.9 Å². The molecule has 0 aromatic heterocycles. The number of nitrogens with zero attached hydrogens (tertiary/aromatic N) is 1. The Morgan fingerprint density at radius 1 is 1.27 bits per heavy atom. The van der Waals surface area contributed by atoms with E-state index in [0.717, 1.165) is 5.56 Å². The molecule has 5 N–H and O–H groups in total. The second-order valence-electron chi connectivity index (χ2n) is 2.66. The number of benzene rings is 1. The number of hydrogen-bond acceptors (Lipinski definition) is 2. The van der Waals surface area contributed by atoms with Gasteiger partial charge >= 0.3 is 6.03 Å². The number of carbonyl (C=O) groups excluding carboxylic acids is 1. The van der Waals surface area contributed by atoms with Crippen molar-refractivity contribution in [2.45, 2.75) is 0 Å². The Bertz CT molecular complexity index is 402. The summed E-state index contributed by atoms with van der Waals surface area (Å²) in [6, 6.07) is 8.34. The average Bonchev–Trinajstić information content (AvgIpc) is 2.17. The largest absolute Gasteiger partial charge is 0.369 e. The Morgan fingerprint density at radius 3 is 2.40 bits per heavy atom. The van der Waals surface area contributed by atoms with Crippen molar-refractivity contribution in [2.24, 2.45) is 16.5 Å². The molecule has 15 heavy (non-hydrogen) atoms. The second kappa shape index (κ2) is 5.06. The quantitative estimate of drug-likeness (QED) is 0.363. The molecule has 0 saturated carbocycles. The van der Waals surface area contributed by atoms with Crippen LogP contribution in [0.4, 0.5) is 4.79 Å². The summed E-state index contributed by atoms with van der Waals surface area (Å²) in [6.45, 7) is 0. The van der Waals surface area contributed by atoms with Gasteiger partial charge in [0, 0.05) is 5.56 Å². The van der Waals surface area contributed by atoms with Crippen LogP contribution in [0, 0.1) is 0 Å². The van der Waals surface area contributed by atoms with Gasteiger partial charge in [0.05, 0.1) is 0 Å². The lowest BCUT2D eigenvalue weighted by atomic mass is 10.2. The summed E-state index contributed by atoms with van der Waals surface area (Å²) in [5, 5.41) is 2.12. The van der Waals surface area contributed by atoms with Crippen LogP contribution in [0.3, 0.4) is 0 Å². The molecule has 0 aliphatic rings. The van der Waals surface area contributed by atoms with Gasteiger partial charge in [-0.25, -0.2) is 9.79 Å². The highest BCUT2D eigenvalue weighted by atomic mass is 32.1. The summed E-state index contributed by atoms with van der Waals surface area (Å²) in [7, 11) is 0. The minimum absolute atomic E-state index is 0.114. The van der Waals surface area contributed by atoms with E-state index in [1.165, 1.54) is 0 Å². The van der Waals surface area contributed by atoms with Crippen molar-refractivity contribution in [2.75, 3.05) is 0 Å². The maximum atomic E-state index is 10.4. The van der Waals surface area contributed by atoms with Gasteiger partial charge in [0.25, 0.3) is 0 Å². The van der Waals surface area contributed by atoms with Crippen molar-refractivity contribution < 1.29 is 4.79 Å². The molecule has 6 heteroatoms. The maximum Gasteiger partial charge on any atom is 0.318 e. The summed E-state index contributed by atoms with van der Waals surface area (Å²) in [5.41, 5.74) is 11.0. The first-order valence-corrected chi connectivity index (χ1v) is 4.50. The number of amides is 2. The van der Waals surface area contributed by atoms with Crippen LogP contribution in [-0.4, -0.2) is 17.0 Å². The number of aliphatic imine (C=N–C) groups is 1. The van der Waals surface area contributed by atoms with Gasteiger partial charge < -0.3 is 11.5 Å². The number of nitrogens with one attached hydrogen (secondary N) is 1.